The van der Waals surface area contributed by atoms with Gasteiger partial charge in [-0.05, 0) is 29.3 Å². The number of amides is 1. The monoisotopic (exact) mass is 413 g/mol. The molecular weight excluding hydrogens is 392 g/mol. The Hall–Kier alpha value is -3.68. The van der Waals surface area contributed by atoms with Crippen LogP contribution in [-0.2, 0) is 17.9 Å². The van der Waals surface area contributed by atoms with Crippen LogP contribution in [0.2, 0.25) is 0 Å². The smallest absolute Gasteiger partial charge is 0.387 e. The standard InChI is InChI=1S/C22H21F2N3O3/c1-29-19-5-2-4-18(21(19)30-22(23)24)10-11-20(28)25-14-16-6-8-17(9-7-16)15-27-13-3-12-26-27/h2-13,22H,14-15H2,1H3,(H,25,28)/b11-10+. The second kappa shape index (κ2) is 10.2. The molecule has 0 aliphatic carbocycles. The third-order valence-corrected chi connectivity index (χ3v) is 4.24. The Bertz CT molecular complexity index is 987. The van der Waals surface area contributed by atoms with Gasteiger partial charge in [0.15, 0.2) is 11.5 Å². The number of carbonyl (C=O) groups excluding carboxylic acids is 1. The molecule has 0 fully saturated rings. The number of hydrogen-bond acceptors (Lipinski definition) is 4. The Morgan fingerprint density at radius 3 is 2.60 bits per heavy atom. The maximum absolute atomic E-state index is 12.7. The molecule has 30 heavy (non-hydrogen) atoms. The van der Waals surface area contributed by atoms with E-state index in [4.69, 9.17) is 4.74 Å². The molecule has 0 spiro atoms. The summed E-state index contributed by atoms with van der Waals surface area (Å²) in [5, 5.41) is 6.92. The summed E-state index contributed by atoms with van der Waals surface area (Å²) in [6.45, 7) is -1.99. The number of methoxy groups -OCH3 is 1. The lowest BCUT2D eigenvalue weighted by atomic mass is 10.1. The highest BCUT2D eigenvalue weighted by atomic mass is 19.3. The van der Waals surface area contributed by atoms with Gasteiger partial charge in [0.25, 0.3) is 0 Å². The van der Waals surface area contributed by atoms with Gasteiger partial charge in [0, 0.05) is 30.6 Å². The second-order valence-corrected chi connectivity index (χ2v) is 6.33. The Balaban J connectivity index is 1.57. The number of hydrogen-bond donors (Lipinski definition) is 1. The first-order valence-corrected chi connectivity index (χ1v) is 9.18. The van der Waals surface area contributed by atoms with Crippen molar-refractivity contribution in [3.8, 4) is 11.5 Å². The van der Waals surface area contributed by atoms with Gasteiger partial charge in [-0.3, -0.25) is 9.48 Å². The minimum atomic E-state index is -3.00. The van der Waals surface area contributed by atoms with Crippen LogP contribution in [0.15, 0.2) is 67.0 Å². The van der Waals surface area contributed by atoms with Crippen LogP contribution in [0.4, 0.5) is 8.78 Å². The van der Waals surface area contributed by atoms with Gasteiger partial charge < -0.3 is 14.8 Å². The topological polar surface area (TPSA) is 65.4 Å². The number of halogens is 2. The van der Waals surface area contributed by atoms with Gasteiger partial charge in [0.1, 0.15) is 0 Å². The van der Waals surface area contributed by atoms with Crippen molar-refractivity contribution in [2.45, 2.75) is 19.7 Å². The largest absolute Gasteiger partial charge is 0.493 e. The number of nitrogens with one attached hydrogen (secondary N) is 1. The van der Waals surface area contributed by atoms with Crippen molar-refractivity contribution in [2.75, 3.05) is 7.11 Å². The lowest BCUT2D eigenvalue weighted by molar-refractivity contribution is -0.116. The molecule has 0 radical (unpaired) electrons. The number of carbonyl (C=O) groups is 1. The first kappa shape index (κ1) is 21.0. The van der Waals surface area contributed by atoms with E-state index in [0.717, 1.165) is 11.1 Å². The molecule has 156 valence electrons. The van der Waals surface area contributed by atoms with E-state index in [-0.39, 0.29) is 17.4 Å². The van der Waals surface area contributed by atoms with Crippen molar-refractivity contribution < 1.29 is 23.0 Å². The molecule has 1 N–H and O–H groups in total. The highest BCUT2D eigenvalue weighted by Gasteiger charge is 2.14. The molecule has 0 saturated heterocycles. The number of nitrogens with zero attached hydrogens (tertiary/aromatic N) is 2. The lowest BCUT2D eigenvalue weighted by Gasteiger charge is -2.12. The second-order valence-electron chi connectivity index (χ2n) is 6.33. The summed E-state index contributed by atoms with van der Waals surface area (Å²) >= 11 is 0. The molecule has 0 unspecified atom stereocenters. The maximum atomic E-state index is 12.7. The van der Waals surface area contributed by atoms with Gasteiger partial charge in [-0.2, -0.15) is 13.9 Å². The average Bonchev–Trinajstić information content (AvgIpc) is 3.25. The van der Waals surface area contributed by atoms with Crippen LogP contribution in [0.5, 0.6) is 11.5 Å². The van der Waals surface area contributed by atoms with Crippen molar-refractivity contribution >= 4 is 12.0 Å². The summed E-state index contributed by atoms with van der Waals surface area (Å²) in [5.74, 6) is -0.318. The zero-order chi connectivity index (χ0) is 21.3. The van der Waals surface area contributed by atoms with Crippen LogP contribution < -0.4 is 14.8 Å². The maximum Gasteiger partial charge on any atom is 0.387 e. The van der Waals surface area contributed by atoms with Crippen molar-refractivity contribution in [1.82, 2.24) is 15.1 Å². The number of aromatic nitrogens is 2. The molecule has 1 amide bonds. The highest BCUT2D eigenvalue weighted by molar-refractivity contribution is 5.92. The first-order valence-electron chi connectivity index (χ1n) is 9.18. The molecule has 0 bridgehead atoms. The summed E-state index contributed by atoms with van der Waals surface area (Å²) in [6, 6.07) is 14.4. The fraction of sp³-hybridized carbons (Fsp3) is 0.182. The number of alkyl halides is 2. The summed E-state index contributed by atoms with van der Waals surface area (Å²) < 4.78 is 36.7. The van der Waals surface area contributed by atoms with Gasteiger partial charge in [0.05, 0.1) is 13.7 Å². The van der Waals surface area contributed by atoms with E-state index in [9.17, 15) is 13.6 Å². The van der Waals surface area contributed by atoms with Gasteiger partial charge in [-0.1, -0.05) is 36.4 Å². The number of benzene rings is 2. The Morgan fingerprint density at radius 2 is 1.93 bits per heavy atom. The number of para-hydroxylation sites is 1. The number of rotatable bonds is 9. The predicted octanol–water partition coefficient (Wildman–Crippen LogP) is 3.87. The summed E-state index contributed by atoms with van der Waals surface area (Å²) in [5.41, 5.74) is 2.34. The Labute approximate surface area is 172 Å². The van der Waals surface area contributed by atoms with E-state index in [0.29, 0.717) is 18.7 Å². The van der Waals surface area contributed by atoms with Gasteiger partial charge in [-0.25, -0.2) is 0 Å². The molecule has 2 aromatic carbocycles. The zero-order valence-electron chi connectivity index (χ0n) is 16.3. The third kappa shape index (κ3) is 5.91. The van der Waals surface area contributed by atoms with Crippen molar-refractivity contribution in [2.24, 2.45) is 0 Å². The van der Waals surface area contributed by atoms with Gasteiger partial charge >= 0.3 is 6.61 Å². The van der Waals surface area contributed by atoms with E-state index in [1.165, 1.54) is 25.3 Å². The molecule has 1 aromatic heterocycles. The van der Waals surface area contributed by atoms with E-state index in [2.05, 4.69) is 15.2 Å². The fourth-order valence-corrected chi connectivity index (χ4v) is 2.80. The van der Waals surface area contributed by atoms with Crippen LogP contribution in [-0.4, -0.2) is 29.4 Å². The van der Waals surface area contributed by atoms with Crippen LogP contribution in [0, 0.1) is 0 Å². The first-order chi connectivity index (χ1) is 14.5. The van der Waals surface area contributed by atoms with Gasteiger partial charge in [0.2, 0.25) is 5.91 Å². The Morgan fingerprint density at radius 1 is 1.17 bits per heavy atom. The van der Waals surface area contributed by atoms with Crippen LogP contribution >= 0.6 is 0 Å². The normalized spacial score (nSPS) is 11.1. The molecule has 6 nitrogen and oxygen atoms in total. The van der Waals surface area contributed by atoms with E-state index in [1.54, 1.807) is 18.3 Å². The molecule has 0 atom stereocenters. The van der Waals surface area contributed by atoms with Crippen molar-refractivity contribution in [3.63, 3.8) is 0 Å². The minimum absolute atomic E-state index is 0.119. The summed E-state index contributed by atoms with van der Waals surface area (Å²) in [6.07, 6.45) is 6.29. The SMILES string of the molecule is COc1cccc(/C=C/C(=O)NCc2ccc(Cn3cccn3)cc2)c1OC(F)F. The molecule has 0 saturated carbocycles. The van der Waals surface area contributed by atoms with Crippen LogP contribution in [0.25, 0.3) is 6.08 Å². The molecule has 0 aliphatic rings. The quantitative estimate of drug-likeness (QED) is 0.541. The third-order valence-electron chi connectivity index (χ3n) is 4.24. The molecular formula is C22H21F2N3O3. The fourth-order valence-electron chi connectivity index (χ4n) is 2.80. The van der Waals surface area contributed by atoms with Crippen molar-refractivity contribution in [1.29, 1.82) is 0 Å². The molecule has 8 heteroatoms. The highest BCUT2D eigenvalue weighted by Crippen LogP contribution is 2.33. The molecule has 3 rings (SSSR count). The summed E-state index contributed by atoms with van der Waals surface area (Å²) in [7, 11) is 1.36. The average molecular weight is 413 g/mol. The molecule has 3 aromatic rings. The van der Waals surface area contributed by atoms with E-state index >= 15 is 0 Å². The van der Waals surface area contributed by atoms with E-state index in [1.807, 2.05) is 41.2 Å². The van der Waals surface area contributed by atoms with E-state index < -0.39 is 6.61 Å². The van der Waals surface area contributed by atoms with Crippen molar-refractivity contribution in [3.05, 3.63) is 83.7 Å². The molecule has 1 heterocycles. The van der Waals surface area contributed by atoms with Gasteiger partial charge in [-0.15, -0.1) is 0 Å². The predicted molar refractivity (Wildman–Crippen MR) is 108 cm³/mol. The van der Waals surface area contributed by atoms with Crippen LogP contribution in [0.3, 0.4) is 0 Å². The van der Waals surface area contributed by atoms with Crippen LogP contribution in [0.1, 0.15) is 16.7 Å². The minimum Gasteiger partial charge on any atom is -0.493 e. The zero-order valence-corrected chi connectivity index (χ0v) is 16.3. The Kier molecular flexibility index (Phi) is 7.15. The summed E-state index contributed by atoms with van der Waals surface area (Å²) in [4.78, 5) is 12.1. The number of ether oxygens (including phenoxy) is 2. The molecule has 0 aliphatic heterocycles. The lowest BCUT2D eigenvalue weighted by Crippen LogP contribution is -2.20.